The van der Waals surface area contributed by atoms with Crippen LogP contribution in [0.25, 0.3) is 0 Å². The van der Waals surface area contributed by atoms with E-state index in [1.165, 1.54) is 4.90 Å². The lowest BCUT2D eigenvalue weighted by Gasteiger charge is -2.18. The molecule has 0 saturated carbocycles. The third-order valence-electron chi connectivity index (χ3n) is 4.26. The molecule has 1 aliphatic heterocycles. The van der Waals surface area contributed by atoms with Gasteiger partial charge in [0, 0.05) is 19.7 Å². The molecule has 2 aromatic carbocycles. The van der Waals surface area contributed by atoms with E-state index in [9.17, 15) is 14.7 Å². The first-order valence-electron chi connectivity index (χ1n) is 7.84. The van der Waals surface area contributed by atoms with Gasteiger partial charge in [-0.05, 0) is 17.2 Å². The minimum Gasteiger partial charge on any atom is -0.378 e. The maximum absolute atomic E-state index is 12.5. The first-order valence-corrected chi connectivity index (χ1v) is 7.84. The van der Waals surface area contributed by atoms with Gasteiger partial charge in [0.1, 0.15) is 0 Å². The van der Waals surface area contributed by atoms with E-state index < -0.39 is 6.10 Å². The van der Waals surface area contributed by atoms with Crippen molar-refractivity contribution < 1.29 is 14.7 Å². The lowest BCUT2D eigenvalue weighted by molar-refractivity contribution is -0.128. The summed E-state index contributed by atoms with van der Waals surface area (Å²) < 4.78 is 0. The molecule has 0 aliphatic carbocycles. The highest BCUT2D eigenvalue weighted by Crippen LogP contribution is 2.39. The standard InChI is InChI=1S/C19H20N2O3/c1-20(2)16(22)11-14-9-6-10-15-17(14)18(23)19(24)21(15)12-13-7-4-3-5-8-13/h3-10,18,23H,11-12H2,1-2H3. The van der Waals surface area contributed by atoms with E-state index in [2.05, 4.69) is 0 Å². The highest BCUT2D eigenvalue weighted by Gasteiger charge is 2.37. The van der Waals surface area contributed by atoms with E-state index in [0.717, 1.165) is 5.56 Å². The van der Waals surface area contributed by atoms with E-state index in [0.29, 0.717) is 23.4 Å². The number of aliphatic hydroxyl groups is 1. The molecule has 2 amide bonds. The monoisotopic (exact) mass is 324 g/mol. The van der Waals surface area contributed by atoms with Crippen molar-refractivity contribution in [2.24, 2.45) is 0 Å². The first-order chi connectivity index (χ1) is 11.5. The first kappa shape index (κ1) is 16.2. The van der Waals surface area contributed by atoms with Gasteiger partial charge in [0.25, 0.3) is 5.91 Å². The highest BCUT2D eigenvalue weighted by molar-refractivity contribution is 6.04. The molecule has 0 spiro atoms. The molecular formula is C19H20N2O3. The van der Waals surface area contributed by atoms with Crippen molar-refractivity contribution in [2.75, 3.05) is 19.0 Å². The molecule has 1 heterocycles. The fourth-order valence-corrected chi connectivity index (χ4v) is 2.94. The number of carbonyl (C=O) groups is 2. The zero-order valence-corrected chi connectivity index (χ0v) is 13.8. The van der Waals surface area contributed by atoms with Gasteiger partial charge in [-0.15, -0.1) is 0 Å². The quantitative estimate of drug-likeness (QED) is 0.934. The molecule has 5 nitrogen and oxygen atoms in total. The maximum Gasteiger partial charge on any atom is 0.260 e. The molecular weight excluding hydrogens is 304 g/mol. The minimum absolute atomic E-state index is 0.0652. The number of likely N-dealkylation sites (N-methyl/N-ethyl adjacent to an activating group) is 1. The van der Waals surface area contributed by atoms with E-state index >= 15 is 0 Å². The van der Waals surface area contributed by atoms with Crippen molar-refractivity contribution in [3.8, 4) is 0 Å². The summed E-state index contributed by atoms with van der Waals surface area (Å²) in [6, 6.07) is 15.1. The topological polar surface area (TPSA) is 60.9 Å². The Morgan fingerprint density at radius 1 is 1.12 bits per heavy atom. The summed E-state index contributed by atoms with van der Waals surface area (Å²) in [5.41, 5.74) is 2.91. The van der Waals surface area contributed by atoms with Gasteiger partial charge in [0.05, 0.1) is 18.7 Å². The Kier molecular flexibility index (Phi) is 4.36. The van der Waals surface area contributed by atoms with Gasteiger partial charge >= 0.3 is 0 Å². The molecule has 1 unspecified atom stereocenters. The Bertz CT molecular complexity index is 771. The SMILES string of the molecule is CN(C)C(=O)Cc1cccc2c1C(O)C(=O)N2Cc1ccccc1. The van der Waals surface area contributed by atoms with Crippen molar-refractivity contribution in [3.05, 3.63) is 65.2 Å². The highest BCUT2D eigenvalue weighted by atomic mass is 16.3. The second-order valence-electron chi connectivity index (χ2n) is 6.13. The number of amides is 2. The smallest absolute Gasteiger partial charge is 0.260 e. The molecule has 0 bridgehead atoms. The van der Waals surface area contributed by atoms with Crippen molar-refractivity contribution >= 4 is 17.5 Å². The summed E-state index contributed by atoms with van der Waals surface area (Å²) in [6.45, 7) is 0.398. The van der Waals surface area contributed by atoms with Crippen molar-refractivity contribution in [1.82, 2.24) is 4.90 Å². The molecule has 5 heteroatoms. The van der Waals surface area contributed by atoms with Crippen LogP contribution in [0.5, 0.6) is 0 Å². The fourth-order valence-electron chi connectivity index (χ4n) is 2.94. The summed E-state index contributed by atoms with van der Waals surface area (Å²) in [5, 5.41) is 10.4. The molecule has 2 aromatic rings. The van der Waals surface area contributed by atoms with E-state index in [1.54, 1.807) is 25.1 Å². The fraction of sp³-hybridized carbons (Fsp3) is 0.263. The van der Waals surface area contributed by atoms with Gasteiger partial charge in [0.2, 0.25) is 5.91 Å². The zero-order chi connectivity index (χ0) is 17.3. The van der Waals surface area contributed by atoms with Gasteiger partial charge in [-0.2, -0.15) is 0 Å². The number of nitrogens with zero attached hydrogens (tertiary/aromatic N) is 2. The number of carbonyl (C=O) groups excluding carboxylic acids is 2. The molecule has 0 fully saturated rings. The summed E-state index contributed by atoms with van der Waals surface area (Å²) >= 11 is 0. The Hall–Kier alpha value is -2.66. The van der Waals surface area contributed by atoms with Gasteiger partial charge in [-0.25, -0.2) is 0 Å². The maximum atomic E-state index is 12.5. The normalized spacial score (nSPS) is 16.2. The Labute approximate surface area is 141 Å². The lowest BCUT2D eigenvalue weighted by Crippen LogP contribution is -2.28. The predicted octanol–water partition coefficient (Wildman–Crippen LogP) is 1.90. The van der Waals surface area contributed by atoms with Gasteiger partial charge in [-0.1, -0.05) is 42.5 Å². The molecule has 0 aromatic heterocycles. The van der Waals surface area contributed by atoms with Crippen LogP contribution in [-0.2, 0) is 22.6 Å². The Morgan fingerprint density at radius 2 is 1.83 bits per heavy atom. The number of fused-ring (bicyclic) bond motifs is 1. The number of aliphatic hydroxyl groups excluding tert-OH is 1. The van der Waals surface area contributed by atoms with Crippen molar-refractivity contribution in [3.63, 3.8) is 0 Å². The van der Waals surface area contributed by atoms with Gasteiger partial charge in [0.15, 0.2) is 6.10 Å². The summed E-state index contributed by atoms with van der Waals surface area (Å²) in [6.07, 6.45) is -1.05. The van der Waals surface area contributed by atoms with Crippen molar-refractivity contribution in [2.45, 2.75) is 19.1 Å². The predicted molar refractivity (Wildman–Crippen MR) is 91.4 cm³/mol. The number of hydrogen-bond acceptors (Lipinski definition) is 3. The van der Waals surface area contributed by atoms with Crippen LogP contribution in [0.2, 0.25) is 0 Å². The van der Waals surface area contributed by atoms with E-state index in [-0.39, 0.29) is 18.2 Å². The Balaban J connectivity index is 1.95. The molecule has 3 rings (SSSR count). The number of benzene rings is 2. The van der Waals surface area contributed by atoms with Crippen LogP contribution >= 0.6 is 0 Å². The molecule has 0 radical (unpaired) electrons. The number of hydrogen-bond donors (Lipinski definition) is 1. The molecule has 1 N–H and O–H groups in total. The van der Waals surface area contributed by atoms with Crippen LogP contribution in [0, 0.1) is 0 Å². The second-order valence-corrected chi connectivity index (χ2v) is 6.13. The van der Waals surface area contributed by atoms with E-state index in [1.807, 2.05) is 42.5 Å². The third-order valence-corrected chi connectivity index (χ3v) is 4.26. The molecule has 1 atom stereocenters. The van der Waals surface area contributed by atoms with Crippen LogP contribution in [0.15, 0.2) is 48.5 Å². The average molecular weight is 324 g/mol. The Morgan fingerprint density at radius 3 is 2.50 bits per heavy atom. The minimum atomic E-state index is -1.21. The van der Waals surface area contributed by atoms with Crippen LogP contribution < -0.4 is 4.90 Å². The number of rotatable bonds is 4. The van der Waals surface area contributed by atoms with Crippen LogP contribution in [0.1, 0.15) is 22.8 Å². The second kappa shape index (κ2) is 6.45. The summed E-state index contributed by atoms with van der Waals surface area (Å²) in [5.74, 6) is -0.414. The summed E-state index contributed by atoms with van der Waals surface area (Å²) in [7, 11) is 3.38. The zero-order valence-electron chi connectivity index (χ0n) is 13.8. The van der Waals surface area contributed by atoms with Crippen LogP contribution in [0.4, 0.5) is 5.69 Å². The average Bonchev–Trinajstić information content (AvgIpc) is 2.81. The van der Waals surface area contributed by atoms with Crippen LogP contribution in [0.3, 0.4) is 0 Å². The summed E-state index contributed by atoms with van der Waals surface area (Å²) in [4.78, 5) is 27.6. The molecule has 0 saturated heterocycles. The van der Waals surface area contributed by atoms with Crippen molar-refractivity contribution in [1.29, 1.82) is 0 Å². The molecule has 1 aliphatic rings. The third kappa shape index (κ3) is 2.90. The van der Waals surface area contributed by atoms with Gasteiger partial charge in [-0.3, -0.25) is 9.59 Å². The molecule has 24 heavy (non-hydrogen) atoms. The largest absolute Gasteiger partial charge is 0.378 e. The lowest BCUT2D eigenvalue weighted by atomic mass is 10.00. The van der Waals surface area contributed by atoms with Crippen LogP contribution in [-0.4, -0.2) is 35.9 Å². The van der Waals surface area contributed by atoms with Gasteiger partial charge < -0.3 is 14.9 Å². The molecule has 124 valence electrons. The van der Waals surface area contributed by atoms with E-state index in [4.69, 9.17) is 0 Å². The number of anilines is 1.